The van der Waals surface area contributed by atoms with Gasteiger partial charge >= 0.3 is 0 Å². The zero-order valence-electron chi connectivity index (χ0n) is 12.5. The number of halogens is 1. The third-order valence-corrected chi connectivity index (χ3v) is 4.04. The molecule has 1 N–H and O–H groups in total. The van der Waals surface area contributed by atoms with Gasteiger partial charge in [0.2, 0.25) is 0 Å². The Balaban J connectivity index is 1.98. The lowest BCUT2D eigenvalue weighted by Gasteiger charge is -2.46. The van der Waals surface area contributed by atoms with Crippen LogP contribution in [0.5, 0.6) is 0 Å². The van der Waals surface area contributed by atoms with Gasteiger partial charge in [-0.1, -0.05) is 36.4 Å². The zero-order chi connectivity index (χ0) is 14.9. The van der Waals surface area contributed by atoms with Crippen molar-refractivity contribution in [2.75, 3.05) is 18.0 Å². The molecule has 0 aliphatic carbocycles. The van der Waals surface area contributed by atoms with Gasteiger partial charge in [0.05, 0.1) is 6.04 Å². The highest BCUT2D eigenvalue weighted by Gasteiger charge is 2.33. The molecular weight excluding hydrogens is 263 g/mol. The third-order valence-electron chi connectivity index (χ3n) is 4.04. The van der Waals surface area contributed by atoms with E-state index in [1.807, 2.05) is 12.1 Å². The van der Waals surface area contributed by atoms with E-state index in [1.54, 1.807) is 12.1 Å². The standard InChI is InChI=1S/C18H21FN2/c1-18(2)13-21(16-10-6-9-15(19)11-16)17(12-20-18)14-7-4-3-5-8-14/h3-11,17,20H,12-13H2,1-2H3. The molecule has 2 nitrogen and oxygen atoms in total. The first kappa shape index (κ1) is 14.1. The molecule has 0 radical (unpaired) electrons. The van der Waals surface area contributed by atoms with Crippen molar-refractivity contribution >= 4 is 5.69 Å². The Kier molecular flexibility index (Phi) is 3.68. The molecule has 0 aromatic heterocycles. The van der Waals surface area contributed by atoms with Crippen LogP contribution in [-0.4, -0.2) is 18.6 Å². The summed E-state index contributed by atoms with van der Waals surface area (Å²) in [7, 11) is 0. The molecular formula is C18H21FN2. The largest absolute Gasteiger partial charge is 0.361 e. The summed E-state index contributed by atoms with van der Waals surface area (Å²) in [5, 5.41) is 3.59. The molecule has 1 fully saturated rings. The second-order valence-electron chi connectivity index (χ2n) is 6.30. The van der Waals surface area contributed by atoms with E-state index in [9.17, 15) is 4.39 Å². The highest BCUT2D eigenvalue weighted by atomic mass is 19.1. The maximum atomic E-state index is 13.6. The smallest absolute Gasteiger partial charge is 0.125 e. The second-order valence-corrected chi connectivity index (χ2v) is 6.30. The van der Waals surface area contributed by atoms with Crippen LogP contribution in [0.2, 0.25) is 0 Å². The van der Waals surface area contributed by atoms with E-state index in [2.05, 4.69) is 48.3 Å². The topological polar surface area (TPSA) is 15.3 Å². The Morgan fingerprint density at radius 1 is 1.10 bits per heavy atom. The lowest BCUT2D eigenvalue weighted by Crippen LogP contribution is -2.58. The van der Waals surface area contributed by atoms with Gasteiger partial charge in [-0.15, -0.1) is 0 Å². The molecule has 110 valence electrons. The first-order valence-electron chi connectivity index (χ1n) is 7.37. The predicted molar refractivity (Wildman–Crippen MR) is 85.0 cm³/mol. The monoisotopic (exact) mass is 284 g/mol. The summed E-state index contributed by atoms with van der Waals surface area (Å²) in [6.07, 6.45) is 0. The van der Waals surface area contributed by atoms with Crippen molar-refractivity contribution in [3.8, 4) is 0 Å². The maximum Gasteiger partial charge on any atom is 0.125 e. The lowest BCUT2D eigenvalue weighted by molar-refractivity contribution is 0.312. The first-order chi connectivity index (χ1) is 10.1. The summed E-state index contributed by atoms with van der Waals surface area (Å²) < 4.78 is 13.6. The molecule has 21 heavy (non-hydrogen) atoms. The molecule has 1 aliphatic rings. The highest BCUT2D eigenvalue weighted by molar-refractivity contribution is 5.50. The number of piperazine rings is 1. The van der Waals surface area contributed by atoms with Gasteiger partial charge in [0.25, 0.3) is 0 Å². The van der Waals surface area contributed by atoms with Crippen LogP contribution >= 0.6 is 0 Å². The second kappa shape index (κ2) is 5.49. The minimum Gasteiger partial charge on any atom is -0.361 e. The molecule has 1 saturated heterocycles. The Bertz CT molecular complexity index is 610. The minimum absolute atomic E-state index is 0.0115. The highest BCUT2D eigenvalue weighted by Crippen LogP contribution is 2.32. The summed E-state index contributed by atoms with van der Waals surface area (Å²) in [4.78, 5) is 2.30. The van der Waals surface area contributed by atoms with Gasteiger partial charge in [-0.3, -0.25) is 0 Å². The van der Waals surface area contributed by atoms with Crippen LogP contribution in [0.25, 0.3) is 0 Å². The molecule has 3 heteroatoms. The van der Waals surface area contributed by atoms with Crippen LogP contribution < -0.4 is 10.2 Å². The Labute approximate surface area is 125 Å². The van der Waals surface area contributed by atoms with E-state index in [0.29, 0.717) is 0 Å². The van der Waals surface area contributed by atoms with Gasteiger partial charge in [-0.05, 0) is 37.6 Å². The summed E-state index contributed by atoms with van der Waals surface area (Å²) in [5.74, 6) is -0.185. The Hall–Kier alpha value is -1.87. The summed E-state index contributed by atoms with van der Waals surface area (Å²) in [6, 6.07) is 17.5. The summed E-state index contributed by atoms with van der Waals surface area (Å²) in [5.41, 5.74) is 2.21. The van der Waals surface area contributed by atoms with Gasteiger partial charge in [0, 0.05) is 24.3 Å². The van der Waals surface area contributed by atoms with Crippen LogP contribution in [0.3, 0.4) is 0 Å². The normalized spacial score (nSPS) is 21.3. The average Bonchev–Trinajstić information content (AvgIpc) is 2.47. The van der Waals surface area contributed by atoms with Crippen LogP contribution in [-0.2, 0) is 0 Å². The van der Waals surface area contributed by atoms with Crippen molar-refractivity contribution in [1.29, 1.82) is 0 Å². The van der Waals surface area contributed by atoms with Crippen molar-refractivity contribution < 1.29 is 4.39 Å². The lowest BCUT2D eigenvalue weighted by atomic mass is 9.94. The average molecular weight is 284 g/mol. The van der Waals surface area contributed by atoms with Gasteiger partial charge in [-0.25, -0.2) is 4.39 Å². The molecule has 2 aromatic rings. The van der Waals surface area contributed by atoms with E-state index in [4.69, 9.17) is 0 Å². The number of hydrogen-bond donors (Lipinski definition) is 1. The predicted octanol–water partition coefficient (Wildman–Crippen LogP) is 3.76. The van der Waals surface area contributed by atoms with E-state index < -0.39 is 0 Å². The molecule has 0 amide bonds. The Morgan fingerprint density at radius 2 is 1.86 bits per heavy atom. The molecule has 0 bridgehead atoms. The third kappa shape index (κ3) is 3.08. The molecule has 2 aromatic carbocycles. The van der Waals surface area contributed by atoms with Crippen molar-refractivity contribution in [3.05, 3.63) is 66.0 Å². The molecule has 0 spiro atoms. The van der Waals surface area contributed by atoms with E-state index in [-0.39, 0.29) is 17.4 Å². The van der Waals surface area contributed by atoms with E-state index >= 15 is 0 Å². The van der Waals surface area contributed by atoms with Gasteiger partial charge in [0.1, 0.15) is 5.82 Å². The number of nitrogens with zero attached hydrogens (tertiary/aromatic N) is 1. The maximum absolute atomic E-state index is 13.6. The number of rotatable bonds is 2. The summed E-state index contributed by atoms with van der Waals surface area (Å²) >= 11 is 0. The fourth-order valence-electron chi connectivity index (χ4n) is 2.97. The summed E-state index contributed by atoms with van der Waals surface area (Å²) in [6.45, 7) is 6.06. The van der Waals surface area contributed by atoms with Crippen molar-refractivity contribution in [2.45, 2.75) is 25.4 Å². The zero-order valence-corrected chi connectivity index (χ0v) is 12.5. The van der Waals surface area contributed by atoms with Crippen molar-refractivity contribution in [3.63, 3.8) is 0 Å². The van der Waals surface area contributed by atoms with Crippen LogP contribution in [0, 0.1) is 5.82 Å². The number of nitrogens with one attached hydrogen (secondary N) is 1. The van der Waals surface area contributed by atoms with Gasteiger partial charge in [0.15, 0.2) is 0 Å². The van der Waals surface area contributed by atoms with Gasteiger partial charge < -0.3 is 10.2 Å². The minimum atomic E-state index is -0.185. The van der Waals surface area contributed by atoms with E-state index in [1.165, 1.54) is 11.6 Å². The SMILES string of the molecule is CC1(C)CN(c2cccc(F)c2)C(c2ccccc2)CN1. The molecule has 0 saturated carbocycles. The quantitative estimate of drug-likeness (QED) is 0.903. The molecule has 1 heterocycles. The fraction of sp³-hybridized carbons (Fsp3) is 0.333. The number of hydrogen-bond acceptors (Lipinski definition) is 2. The fourth-order valence-corrected chi connectivity index (χ4v) is 2.97. The molecule has 3 rings (SSSR count). The molecule has 1 unspecified atom stereocenters. The first-order valence-corrected chi connectivity index (χ1v) is 7.37. The molecule has 1 aliphatic heterocycles. The van der Waals surface area contributed by atoms with Crippen LogP contribution in [0.1, 0.15) is 25.5 Å². The number of anilines is 1. The van der Waals surface area contributed by atoms with Crippen LogP contribution in [0.15, 0.2) is 54.6 Å². The van der Waals surface area contributed by atoms with Crippen LogP contribution in [0.4, 0.5) is 10.1 Å². The van der Waals surface area contributed by atoms with Crippen molar-refractivity contribution in [2.24, 2.45) is 0 Å². The molecule has 1 atom stereocenters. The van der Waals surface area contributed by atoms with Crippen molar-refractivity contribution in [1.82, 2.24) is 5.32 Å². The van der Waals surface area contributed by atoms with E-state index in [0.717, 1.165) is 18.8 Å². The Morgan fingerprint density at radius 3 is 2.57 bits per heavy atom. The number of benzene rings is 2. The van der Waals surface area contributed by atoms with Gasteiger partial charge in [-0.2, -0.15) is 0 Å².